The molecule has 18 heavy (non-hydrogen) atoms. The summed E-state index contributed by atoms with van der Waals surface area (Å²) in [7, 11) is 0. The molecule has 5 heteroatoms. The summed E-state index contributed by atoms with van der Waals surface area (Å²) in [5.74, 6) is -0.398. The topological polar surface area (TPSA) is 43.8 Å². The van der Waals surface area contributed by atoms with Gasteiger partial charge in [0.1, 0.15) is 5.82 Å². The maximum absolute atomic E-state index is 13.3. The number of halogens is 2. The molecule has 1 unspecified atom stereocenters. The van der Waals surface area contributed by atoms with Crippen LogP contribution >= 0.6 is 11.6 Å². The molecule has 0 aliphatic carbocycles. The van der Waals surface area contributed by atoms with E-state index in [0.29, 0.717) is 6.54 Å². The standard InChI is InChI=1S/C13H15ClFN3/c1-9(16)4-11-7-18(8-17-11)6-10-2-3-12(14)13(15)5-10/h2-3,5,7-9H,4,6,16H2,1H3. The van der Waals surface area contributed by atoms with E-state index < -0.39 is 5.82 Å². The lowest BCUT2D eigenvalue weighted by Gasteiger charge is -2.04. The highest BCUT2D eigenvalue weighted by atomic mass is 35.5. The molecule has 0 saturated carbocycles. The van der Waals surface area contributed by atoms with Crippen molar-refractivity contribution in [2.24, 2.45) is 5.73 Å². The quantitative estimate of drug-likeness (QED) is 0.925. The van der Waals surface area contributed by atoms with E-state index in [1.54, 1.807) is 18.5 Å². The summed E-state index contributed by atoms with van der Waals surface area (Å²) >= 11 is 5.64. The molecule has 0 amide bonds. The minimum absolute atomic E-state index is 0.0846. The predicted molar refractivity (Wildman–Crippen MR) is 70.1 cm³/mol. The molecule has 1 aromatic heterocycles. The SMILES string of the molecule is CC(N)Cc1cn(Cc2ccc(Cl)c(F)c2)cn1. The van der Waals surface area contributed by atoms with Gasteiger partial charge in [0.25, 0.3) is 0 Å². The van der Waals surface area contributed by atoms with Gasteiger partial charge in [-0.15, -0.1) is 0 Å². The van der Waals surface area contributed by atoms with Gasteiger partial charge >= 0.3 is 0 Å². The van der Waals surface area contributed by atoms with E-state index in [1.165, 1.54) is 6.07 Å². The Balaban J connectivity index is 2.08. The molecule has 2 aromatic rings. The van der Waals surface area contributed by atoms with Crippen molar-refractivity contribution in [3.05, 3.63) is 52.8 Å². The van der Waals surface area contributed by atoms with Crippen molar-refractivity contribution >= 4 is 11.6 Å². The Morgan fingerprint density at radius 3 is 2.94 bits per heavy atom. The van der Waals surface area contributed by atoms with Gasteiger partial charge in [-0.05, 0) is 24.6 Å². The van der Waals surface area contributed by atoms with Crippen LogP contribution < -0.4 is 5.73 Å². The molecular weight excluding hydrogens is 253 g/mol. The normalized spacial score (nSPS) is 12.7. The number of hydrogen-bond donors (Lipinski definition) is 1. The van der Waals surface area contributed by atoms with Gasteiger partial charge < -0.3 is 10.3 Å². The Kier molecular flexibility index (Phi) is 3.99. The summed E-state index contributed by atoms with van der Waals surface area (Å²) in [5, 5.41) is 0.141. The second-order valence-corrected chi connectivity index (χ2v) is 4.87. The highest BCUT2D eigenvalue weighted by molar-refractivity contribution is 6.30. The summed E-state index contributed by atoms with van der Waals surface area (Å²) in [5.41, 5.74) is 7.50. The van der Waals surface area contributed by atoms with Crippen LogP contribution in [0.2, 0.25) is 5.02 Å². The zero-order valence-electron chi connectivity index (χ0n) is 10.1. The van der Waals surface area contributed by atoms with Crippen LogP contribution in [0.4, 0.5) is 4.39 Å². The van der Waals surface area contributed by atoms with Gasteiger partial charge in [0.05, 0.1) is 17.0 Å². The van der Waals surface area contributed by atoms with Gasteiger partial charge in [0.15, 0.2) is 0 Å². The molecule has 2 N–H and O–H groups in total. The highest BCUT2D eigenvalue weighted by Crippen LogP contribution is 2.16. The Hall–Kier alpha value is -1.39. The second-order valence-electron chi connectivity index (χ2n) is 4.47. The lowest BCUT2D eigenvalue weighted by Crippen LogP contribution is -2.17. The summed E-state index contributed by atoms with van der Waals surface area (Å²) in [6.07, 6.45) is 4.39. The Morgan fingerprint density at radius 1 is 1.50 bits per heavy atom. The molecule has 0 radical (unpaired) electrons. The molecule has 1 heterocycles. The van der Waals surface area contributed by atoms with Gasteiger partial charge in [-0.3, -0.25) is 0 Å². The molecule has 0 aliphatic rings. The third-order valence-corrected chi connectivity index (χ3v) is 2.87. The van der Waals surface area contributed by atoms with E-state index in [2.05, 4.69) is 4.98 Å². The van der Waals surface area contributed by atoms with Crippen molar-refractivity contribution in [1.82, 2.24) is 9.55 Å². The summed E-state index contributed by atoms with van der Waals surface area (Å²) < 4.78 is 15.2. The molecule has 2 rings (SSSR count). The number of rotatable bonds is 4. The molecule has 0 aliphatic heterocycles. The fourth-order valence-corrected chi connectivity index (χ4v) is 1.89. The number of benzene rings is 1. The van der Waals surface area contributed by atoms with E-state index in [-0.39, 0.29) is 11.1 Å². The van der Waals surface area contributed by atoms with E-state index >= 15 is 0 Å². The maximum atomic E-state index is 13.3. The van der Waals surface area contributed by atoms with E-state index in [4.69, 9.17) is 17.3 Å². The molecule has 0 spiro atoms. The molecule has 0 bridgehead atoms. The van der Waals surface area contributed by atoms with Gasteiger partial charge in [-0.1, -0.05) is 17.7 Å². The van der Waals surface area contributed by atoms with Crippen LogP contribution in [0.15, 0.2) is 30.7 Å². The van der Waals surface area contributed by atoms with Crippen molar-refractivity contribution in [2.75, 3.05) is 0 Å². The fraction of sp³-hybridized carbons (Fsp3) is 0.308. The van der Waals surface area contributed by atoms with Gasteiger partial charge in [0, 0.05) is 25.2 Å². The molecule has 0 fully saturated rings. The van der Waals surface area contributed by atoms with Gasteiger partial charge in [-0.2, -0.15) is 0 Å². The number of hydrogen-bond acceptors (Lipinski definition) is 2. The number of imidazole rings is 1. The molecule has 3 nitrogen and oxygen atoms in total. The third-order valence-electron chi connectivity index (χ3n) is 2.57. The molecule has 1 atom stereocenters. The van der Waals surface area contributed by atoms with Crippen LogP contribution in [-0.2, 0) is 13.0 Å². The summed E-state index contributed by atoms with van der Waals surface area (Å²) in [4.78, 5) is 4.26. The number of nitrogens with zero attached hydrogens (tertiary/aromatic N) is 2. The first-order valence-electron chi connectivity index (χ1n) is 5.75. The van der Waals surface area contributed by atoms with Crippen molar-refractivity contribution in [3.8, 4) is 0 Å². The largest absolute Gasteiger partial charge is 0.333 e. The first kappa shape index (κ1) is 13.1. The average molecular weight is 268 g/mol. The monoisotopic (exact) mass is 267 g/mol. The van der Waals surface area contributed by atoms with E-state index in [9.17, 15) is 4.39 Å². The van der Waals surface area contributed by atoms with Crippen LogP contribution in [0.1, 0.15) is 18.2 Å². The lowest BCUT2D eigenvalue weighted by atomic mass is 10.2. The summed E-state index contributed by atoms with van der Waals surface area (Å²) in [6.45, 7) is 2.51. The van der Waals surface area contributed by atoms with Crippen LogP contribution in [0.25, 0.3) is 0 Å². The van der Waals surface area contributed by atoms with Gasteiger partial charge in [0.2, 0.25) is 0 Å². The van der Waals surface area contributed by atoms with E-state index in [0.717, 1.165) is 17.7 Å². The Labute approximate surface area is 110 Å². The van der Waals surface area contributed by atoms with Crippen LogP contribution in [0.5, 0.6) is 0 Å². The lowest BCUT2D eigenvalue weighted by molar-refractivity contribution is 0.624. The average Bonchev–Trinajstić information content (AvgIpc) is 2.70. The predicted octanol–water partition coefficient (Wildman–Crippen LogP) is 2.61. The Bertz CT molecular complexity index is 537. The molecule has 96 valence electrons. The van der Waals surface area contributed by atoms with Crippen LogP contribution in [0.3, 0.4) is 0 Å². The first-order chi connectivity index (χ1) is 8.54. The fourth-order valence-electron chi connectivity index (χ4n) is 1.78. The Morgan fingerprint density at radius 2 is 2.28 bits per heavy atom. The zero-order chi connectivity index (χ0) is 13.1. The first-order valence-corrected chi connectivity index (χ1v) is 6.12. The smallest absolute Gasteiger partial charge is 0.142 e. The molecular formula is C13H15ClFN3. The van der Waals surface area contributed by atoms with Crippen LogP contribution in [0, 0.1) is 5.82 Å². The number of aromatic nitrogens is 2. The van der Waals surface area contributed by atoms with Crippen LogP contribution in [-0.4, -0.2) is 15.6 Å². The van der Waals surface area contributed by atoms with Crippen molar-refractivity contribution < 1.29 is 4.39 Å². The van der Waals surface area contributed by atoms with Gasteiger partial charge in [-0.25, -0.2) is 9.37 Å². The molecule has 0 saturated heterocycles. The maximum Gasteiger partial charge on any atom is 0.142 e. The minimum atomic E-state index is -0.398. The third kappa shape index (κ3) is 3.31. The van der Waals surface area contributed by atoms with Crippen molar-refractivity contribution in [3.63, 3.8) is 0 Å². The van der Waals surface area contributed by atoms with Crippen molar-refractivity contribution in [2.45, 2.75) is 25.9 Å². The second kappa shape index (κ2) is 5.50. The van der Waals surface area contributed by atoms with E-state index in [1.807, 2.05) is 17.7 Å². The highest BCUT2D eigenvalue weighted by Gasteiger charge is 2.04. The van der Waals surface area contributed by atoms with Crippen molar-refractivity contribution in [1.29, 1.82) is 0 Å². The zero-order valence-corrected chi connectivity index (χ0v) is 10.9. The summed E-state index contributed by atoms with van der Waals surface area (Å²) in [6, 6.07) is 4.89. The number of nitrogens with two attached hydrogens (primary N) is 1. The minimum Gasteiger partial charge on any atom is -0.333 e. The molecule has 1 aromatic carbocycles.